The molecule has 158 valence electrons. The maximum atomic E-state index is 12.3. The fourth-order valence-corrected chi connectivity index (χ4v) is 11.4. The summed E-state index contributed by atoms with van der Waals surface area (Å²) in [6, 6.07) is 17.9. The molecule has 0 bridgehead atoms. The average molecular weight is 461 g/mol. The number of hydrogen-bond donors (Lipinski definition) is 1. The molecule has 0 saturated carbocycles. The van der Waals surface area contributed by atoms with Crippen molar-refractivity contribution in [2.75, 3.05) is 0 Å². The standard InChI is InChI=1S/C24H27OSi.Cr.H2O.2O/c1-16-7-10-22(19(4)13-16)26(25,23-11-8-17(2)14-20(23)5)24-12-9-18(3)15-21(24)6;;;;/h7-15H,1-6H3;;1H2;;/q-1;+2;;;/p-1. The van der Waals surface area contributed by atoms with E-state index in [9.17, 15) is 11.8 Å². The molecular weight excluding hydrogens is 432 g/mol. The van der Waals surface area contributed by atoms with Crippen molar-refractivity contribution in [2.24, 2.45) is 0 Å². The molecule has 0 aromatic heterocycles. The van der Waals surface area contributed by atoms with Crippen molar-refractivity contribution >= 4 is 23.9 Å². The summed E-state index contributed by atoms with van der Waals surface area (Å²) in [5, 5.41) is 2.48. The van der Waals surface area contributed by atoms with Gasteiger partial charge in [-0.05, 0) is 0 Å². The molecule has 0 saturated heterocycles. The summed E-state index contributed by atoms with van der Waals surface area (Å²) in [4.78, 5) is 0. The third-order valence-electron chi connectivity index (χ3n) is 5.51. The fourth-order valence-electron chi connectivity index (χ4n) is 4.35. The first kappa shape index (κ1) is 22.6. The Morgan fingerprint density at radius 2 is 0.933 bits per heavy atom. The van der Waals surface area contributed by atoms with Gasteiger partial charge in [0.15, 0.2) is 0 Å². The van der Waals surface area contributed by atoms with Gasteiger partial charge in [0.25, 0.3) is 0 Å². The van der Waals surface area contributed by atoms with Crippen LogP contribution in [-0.2, 0) is 24.7 Å². The molecule has 0 aliphatic rings. The van der Waals surface area contributed by atoms with Crippen LogP contribution in [0, 0.1) is 41.5 Å². The molecule has 1 N–H and O–H groups in total. The van der Waals surface area contributed by atoms with Crippen LogP contribution in [0.4, 0.5) is 0 Å². The monoisotopic (exact) mass is 460 g/mol. The quantitative estimate of drug-likeness (QED) is 0.469. The first-order chi connectivity index (χ1) is 13.9. The Balaban J connectivity index is 2.54. The van der Waals surface area contributed by atoms with Crippen LogP contribution < -0.4 is 15.6 Å². The normalized spacial score (nSPS) is 12.2. The zero-order chi connectivity index (χ0) is 22.3. The zero-order valence-corrected chi connectivity index (χ0v) is 20.6. The number of rotatable bonds is 5. The van der Waals surface area contributed by atoms with Crippen molar-refractivity contribution in [2.45, 2.75) is 41.5 Å². The SMILES string of the molecule is Cc1ccc([Si]([O][Cr](=[O])(=[O])[OH])(c2ccc(C)cc2C)c2ccc(C)cc2C)c(C)c1. The molecule has 3 aromatic carbocycles. The molecule has 0 aliphatic carbocycles. The van der Waals surface area contributed by atoms with Crippen LogP contribution in [0.25, 0.3) is 0 Å². The van der Waals surface area contributed by atoms with E-state index < -0.39 is 21.9 Å². The van der Waals surface area contributed by atoms with Gasteiger partial charge in [-0.1, -0.05) is 0 Å². The van der Waals surface area contributed by atoms with Gasteiger partial charge in [-0.3, -0.25) is 0 Å². The van der Waals surface area contributed by atoms with Crippen LogP contribution in [0.2, 0.25) is 0 Å². The summed E-state index contributed by atoms with van der Waals surface area (Å²) in [6.45, 7) is 11.9. The molecule has 0 amide bonds. The van der Waals surface area contributed by atoms with E-state index in [1.54, 1.807) is 0 Å². The Labute approximate surface area is 182 Å². The van der Waals surface area contributed by atoms with Gasteiger partial charge in [0.1, 0.15) is 0 Å². The van der Waals surface area contributed by atoms with Crippen molar-refractivity contribution in [1.29, 1.82) is 0 Å². The van der Waals surface area contributed by atoms with E-state index in [2.05, 4.69) is 0 Å². The van der Waals surface area contributed by atoms with E-state index in [0.29, 0.717) is 0 Å². The van der Waals surface area contributed by atoms with Gasteiger partial charge in [-0.2, -0.15) is 0 Å². The van der Waals surface area contributed by atoms with Crippen molar-refractivity contribution in [3.05, 3.63) is 88.0 Å². The molecule has 3 aromatic rings. The average Bonchev–Trinajstić information content (AvgIpc) is 2.59. The summed E-state index contributed by atoms with van der Waals surface area (Å²) in [7, 11) is -3.57. The van der Waals surface area contributed by atoms with Crippen molar-refractivity contribution in [1.82, 2.24) is 0 Å². The van der Waals surface area contributed by atoms with Crippen LogP contribution >= 0.6 is 0 Å². The minimum atomic E-state index is -5.59. The van der Waals surface area contributed by atoms with E-state index in [4.69, 9.17) is 3.48 Å². The molecule has 0 aliphatic heterocycles. The molecule has 30 heavy (non-hydrogen) atoms. The second kappa shape index (κ2) is 8.22. The van der Waals surface area contributed by atoms with Crippen LogP contribution in [0.15, 0.2) is 54.6 Å². The third kappa shape index (κ3) is 4.34. The predicted molar refractivity (Wildman–Crippen MR) is 117 cm³/mol. The first-order valence-corrected chi connectivity index (χ1v) is 13.9. The Kier molecular flexibility index (Phi) is 6.20. The Hall–Kier alpha value is -2.07. The molecule has 4 nitrogen and oxygen atoms in total. The molecule has 0 atom stereocenters. The Bertz CT molecular complexity index is 1090. The van der Waals surface area contributed by atoms with Gasteiger partial charge in [0.2, 0.25) is 0 Å². The van der Waals surface area contributed by atoms with Crippen molar-refractivity contribution in [3.63, 3.8) is 0 Å². The van der Waals surface area contributed by atoms with Gasteiger partial charge >= 0.3 is 182 Å². The molecular formula is C24H28CrO4Si. The van der Waals surface area contributed by atoms with Crippen LogP contribution in [-0.4, -0.2) is 12.5 Å². The molecule has 0 unspecified atom stereocenters. The number of benzene rings is 3. The molecule has 6 heteroatoms. The number of hydrogen-bond acceptors (Lipinski definition) is 3. The summed E-state index contributed by atoms with van der Waals surface area (Å²) >= 11 is -5.59. The first-order valence-electron chi connectivity index (χ1n) is 9.85. The molecule has 0 heterocycles. The van der Waals surface area contributed by atoms with Gasteiger partial charge < -0.3 is 0 Å². The zero-order valence-electron chi connectivity index (χ0n) is 18.3. The summed E-state index contributed by atoms with van der Waals surface area (Å²) in [5.74, 6) is 0. The molecule has 0 spiro atoms. The molecule has 3 rings (SSSR count). The summed E-state index contributed by atoms with van der Waals surface area (Å²) < 4.78 is 40.6. The maximum absolute atomic E-state index is 12.3. The Morgan fingerprint density at radius 3 is 1.17 bits per heavy atom. The second-order valence-corrected chi connectivity index (χ2v) is 13.4. The minimum absolute atomic E-state index is 0.828. The molecule has 0 radical (unpaired) electrons. The van der Waals surface area contributed by atoms with E-state index in [0.717, 1.165) is 48.9 Å². The fraction of sp³-hybridized carbons (Fsp3) is 0.250. The summed E-state index contributed by atoms with van der Waals surface area (Å²) in [5.41, 5.74) is 6.09. The predicted octanol–water partition coefficient (Wildman–Crippen LogP) is 3.19. The van der Waals surface area contributed by atoms with Gasteiger partial charge in [-0.25, -0.2) is 0 Å². The van der Waals surface area contributed by atoms with E-state index in [-0.39, 0.29) is 0 Å². The van der Waals surface area contributed by atoms with Gasteiger partial charge in [0, 0.05) is 0 Å². The Morgan fingerprint density at radius 1 is 0.633 bits per heavy atom. The van der Waals surface area contributed by atoms with E-state index in [1.807, 2.05) is 96.1 Å². The number of aryl methyl sites for hydroxylation is 6. The summed E-state index contributed by atoms with van der Waals surface area (Å²) in [6.07, 6.45) is 0. The van der Waals surface area contributed by atoms with E-state index >= 15 is 0 Å². The van der Waals surface area contributed by atoms with Crippen LogP contribution in [0.3, 0.4) is 0 Å². The molecule has 0 fully saturated rings. The topological polar surface area (TPSA) is 63.6 Å². The van der Waals surface area contributed by atoms with Gasteiger partial charge in [-0.15, -0.1) is 0 Å². The van der Waals surface area contributed by atoms with Crippen molar-refractivity contribution < 1.29 is 28.9 Å². The van der Waals surface area contributed by atoms with Crippen LogP contribution in [0.5, 0.6) is 0 Å². The van der Waals surface area contributed by atoms with Gasteiger partial charge in [0.05, 0.1) is 0 Å². The van der Waals surface area contributed by atoms with Crippen LogP contribution in [0.1, 0.15) is 33.4 Å². The van der Waals surface area contributed by atoms with E-state index in [1.165, 1.54) is 0 Å². The third-order valence-corrected chi connectivity index (χ3v) is 12.1. The second-order valence-electron chi connectivity index (χ2n) is 8.15. The van der Waals surface area contributed by atoms with Crippen molar-refractivity contribution in [3.8, 4) is 0 Å².